The van der Waals surface area contributed by atoms with Crippen molar-refractivity contribution >= 4 is 113 Å². The van der Waals surface area contributed by atoms with E-state index >= 15 is 0 Å². The van der Waals surface area contributed by atoms with Crippen molar-refractivity contribution in [3.05, 3.63) is 235 Å². The monoisotopic (exact) mass is 1960 g/mol. The first kappa shape index (κ1) is 103. The fraction of sp³-hybridized carbons (Fsp3) is 0.327. The van der Waals surface area contributed by atoms with Gasteiger partial charge >= 0.3 is 6.18 Å². The summed E-state index contributed by atoms with van der Waals surface area (Å²) >= 11 is 12.4. The number of hydrogen-bond acceptors (Lipinski definition) is 25. The highest BCUT2D eigenvalue weighted by atomic mass is 35.5. The van der Waals surface area contributed by atoms with E-state index in [1.807, 2.05) is 147 Å². The Labute approximate surface area is 816 Å². The van der Waals surface area contributed by atoms with Gasteiger partial charge in [-0.2, -0.15) is 38.0 Å². The average Bonchev–Trinajstić information content (AvgIpc) is 1.35. The smallest absolute Gasteiger partial charge is 0.401 e. The number of rotatable bonds is 38. The van der Waals surface area contributed by atoms with Gasteiger partial charge in [0.05, 0.1) is 165 Å². The van der Waals surface area contributed by atoms with Gasteiger partial charge in [0, 0.05) is 231 Å². The predicted octanol–water partition coefficient (Wildman–Crippen LogP) is 20.5. The van der Waals surface area contributed by atoms with Gasteiger partial charge in [-0.05, 0) is 151 Å². The summed E-state index contributed by atoms with van der Waals surface area (Å²) < 4.78 is 140. The van der Waals surface area contributed by atoms with E-state index in [9.17, 15) is 35.1 Å². The third-order valence-corrected chi connectivity index (χ3v) is 22.7. The van der Waals surface area contributed by atoms with Crippen molar-refractivity contribution in [1.29, 1.82) is 0 Å². The van der Waals surface area contributed by atoms with E-state index in [0.29, 0.717) is 125 Å². The van der Waals surface area contributed by atoms with Crippen molar-refractivity contribution in [1.82, 2.24) is 100 Å². The van der Waals surface area contributed by atoms with Crippen LogP contribution in [0.4, 0.5) is 80.6 Å². The quantitative estimate of drug-likeness (QED) is 0.0207. The number of methoxy groups -OCH3 is 5. The second-order valence-corrected chi connectivity index (χ2v) is 35.0. The molecule has 4 N–H and O–H groups in total. The summed E-state index contributed by atoms with van der Waals surface area (Å²) in [4.78, 5) is 45.6. The number of anilines is 8. The number of hydrogen-bond donors (Lipinski definition) is 4. The molecule has 140 heavy (non-hydrogen) atoms. The maximum absolute atomic E-state index is 14.4. The number of nitrogens with one attached hydrogen (secondary N) is 4. The fourth-order valence-electron chi connectivity index (χ4n) is 15.2. The number of benzene rings is 8. The molecule has 8 heterocycles. The normalized spacial score (nSPS) is 11.6. The molecule has 29 nitrogen and oxygen atoms in total. The summed E-state index contributed by atoms with van der Waals surface area (Å²) in [6.07, 6.45) is 17.0. The van der Waals surface area contributed by atoms with Crippen molar-refractivity contribution in [2.24, 2.45) is 28.2 Å². The van der Waals surface area contributed by atoms with E-state index in [2.05, 4.69) is 97.4 Å². The van der Waals surface area contributed by atoms with Gasteiger partial charge in [-0.3, -0.25) is 38.7 Å². The van der Waals surface area contributed by atoms with Crippen LogP contribution >= 0.6 is 23.2 Å². The van der Waals surface area contributed by atoms with E-state index in [1.165, 1.54) is 13.2 Å². The molecule has 0 aliphatic heterocycles. The van der Waals surface area contributed by atoms with Crippen LogP contribution in [0.25, 0.3) is 89.2 Å². The second kappa shape index (κ2) is 47.1. The van der Waals surface area contributed by atoms with Crippen molar-refractivity contribution in [2.45, 2.75) is 84.6 Å². The zero-order valence-corrected chi connectivity index (χ0v) is 81.9. The SMILES string of the molecule is COc1cc(N(CCCNCC(C)(F)F)c2ccc3ncc(-c4cnn(C)c4)nc3c2)cc(F)c1F.COc1cc(OC)cc(N(CCCNCC(C)(C)F)c2ccc3ncc(-c4cnn(C)c4)nc3c2)c1.COc1cc(OC)cc(N(CCNC(C)C)c2ccc3ncc(-c4cnn(C)c4C)nc3c2)c1.Cn1cc(-c2cnc3ccc(N(CCCNCC(F)(F)F)c4cc(Cl)cc(Cl)c4)cc3n2)cn1. The first-order valence-corrected chi connectivity index (χ1v) is 45.8. The summed E-state index contributed by atoms with van der Waals surface area (Å²) in [7, 11) is 15.3. The molecule has 0 saturated heterocycles. The van der Waals surface area contributed by atoms with Crippen LogP contribution in [0.5, 0.6) is 28.7 Å². The summed E-state index contributed by atoms with van der Waals surface area (Å²) in [5.41, 5.74) is 18.5. The molecule has 0 saturated carbocycles. The number of ether oxygens (including phenoxy) is 5. The van der Waals surface area contributed by atoms with E-state index in [4.69, 9.17) is 66.8 Å². The van der Waals surface area contributed by atoms with Crippen LogP contribution in [-0.4, -0.2) is 210 Å². The molecule has 0 bridgehead atoms. The molecule has 8 aromatic heterocycles. The lowest BCUT2D eigenvalue weighted by Gasteiger charge is -2.27. The van der Waals surface area contributed by atoms with Crippen LogP contribution < -0.4 is 64.6 Å². The lowest BCUT2D eigenvalue weighted by Crippen LogP contribution is -2.33. The number of fused-ring (bicyclic) bond motifs is 4. The van der Waals surface area contributed by atoms with E-state index in [1.54, 1.807) is 142 Å². The zero-order chi connectivity index (χ0) is 100. The lowest BCUT2D eigenvalue weighted by atomic mass is 10.1. The molecule has 8 aromatic carbocycles. The van der Waals surface area contributed by atoms with Gasteiger partial charge < -0.3 is 64.6 Å². The number of aromatic nitrogens is 16. The summed E-state index contributed by atoms with van der Waals surface area (Å²) in [5, 5.41) is 29.7. The van der Waals surface area contributed by atoms with E-state index < -0.39 is 42.5 Å². The molecule has 16 aromatic rings. The Morgan fingerprint density at radius 1 is 0.379 bits per heavy atom. The van der Waals surface area contributed by atoms with Crippen LogP contribution in [0.2, 0.25) is 10.0 Å². The molecule has 0 fully saturated rings. The lowest BCUT2D eigenvalue weighted by molar-refractivity contribution is -0.124. The Kier molecular flexibility index (Phi) is 34.8. The van der Waals surface area contributed by atoms with Gasteiger partial charge in [0.1, 0.15) is 28.7 Å². The number of aryl methyl sites for hydroxylation is 4. The molecule has 16 rings (SSSR count). The Bertz CT molecular complexity index is 6810. The molecular formula is C101H112Cl2F8N24O5. The largest absolute Gasteiger partial charge is 0.497 e. The Balaban J connectivity index is 0.000000157. The van der Waals surface area contributed by atoms with Gasteiger partial charge in [0.25, 0.3) is 5.92 Å². The standard InChI is InChI=1S/C27H33FN6O2.C26H32N6O2.C25H26F4N6O.C23H21Cl2F3N6/c1-27(2,28)18-29-9-6-10-34(21-11-22(35-4)14-23(12-21)36-5)20-7-8-24-25(13-20)32-26(16-30-24)19-15-31-33(3)17-19;1-17(2)27-9-10-32(20-11-21(33-5)14-22(12-20)34-6)19-7-8-24-25(13-19)30-26(16-28-24)23-15-29-31(4)18(23)3;1-25(28,29)15-30-7-4-8-35(18-9-19(26)24(27)23(11-18)36-3)17-5-6-20-21(10-17)33-22(13-31-20)16-12-32-34(2)14-16;1-33-13-15(11-31-33)22-12-30-20-4-3-18(10-21(20)32-22)34(6-2-5-29-14-23(26,27)28)19-8-16(24)7-17(25)9-19/h7-8,11-17,29H,6,9-10,18H2,1-5H3;7-8,11-17,27H,9-10H2,1-6H3;5-6,9-14,30H,4,7-8,15H2,1-3H3;3-4,7-13,29H,2,5-6,14H2,1H3. The molecule has 0 unspecified atom stereocenters. The van der Waals surface area contributed by atoms with Crippen molar-refractivity contribution in [2.75, 3.05) is 127 Å². The minimum absolute atomic E-state index is 0.197. The molecule has 0 aliphatic rings. The predicted molar refractivity (Wildman–Crippen MR) is 536 cm³/mol. The van der Waals surface area contributed by atoms with E-state index in [0.717, 1.165) is 140 Å². The molecule has 736 valence electrons. The average molecular weight is 1970 g/mol. The molecule has 0 atom stereocenters. The summed E-state index contributed by atoms with van der Waals surface area (Å²) in [6.45, 7) is 13.4. The van der Waals surface area contributed by atoms with Gasteiger partial charge in [0.2, 0.25) is 5.82 Å². The van der Waals surface area contributed by atoms with Crippen molar-refractivity contribution < 1.29 is 58.8 Å². The third kappa shape index (κ3) is 28.4. The van der Waals surface area contributed by atoms with E-state index in [-0.39, 0.29) is 12.3 Å². The summed E-state index contributed by atoms with van der Waals surface area (Å²) in [5.74, 6) is -2.32. The highest BCUT2D eigenvalue weighted by Crippen LogP contribution is 2.40. The van der Waals surface area contributed by atoms with Crippen LogP contribution in [0.1, 0.15) is 59.6 Å². The molecule has 0 radical (unpaired) electrons. The van der Waals surface area contributed by atoms with Gasteiger partial charge in [0.15, 0.2) is 11.6 Å². The first-order valence-electron chi connectivity index (χ1n) is 45.0. The van der Waals surface area contributed by atoms with Crippen molar-refractivity contribution in [3.63, 3.8) is 0 Å². The Hall–Kier alpha value is -14.0. The molecule has 0 spiro atoms. The summed E-state index contributed by atoms with van der Waals surface area (Å²) in [6, 6.07) is 42.9. The minimum Gasteiger partial charge on any atom is -0.497 e. The van der Waals surface area contributed by atoms with Crippen LogP contribution in [0, 0.1) is 18.6 Å². The van der Waals surface area contributed by atoms with Gasteiger partial charge in [-0.15, -0.1) is 0 Å². The number of halogens is 10. The minimum atomic E-state index is -4.25. The fourth-order valence-corrected chi connectivity index (χ4v) is 15.7. The van der Waals surface area contributed by atoms with Crippen molar-refractivity contribution in [3.8, 4) is 73.8 Å². The maximum Gasteiger partial charge on any atom is 0.401 e. The van der Waals surface area contributed by atoms with Gasteiger partial charge in [-0.1, -0.05) is 37.0 Å². The zero-order valence-electron chi connectivity index (χ0n) is 80.4. The topological polar surface area (TPSA) is 282 Å². The number of alkyl halides is 6. The second-order valence-electron chi connectivity index (χ2n) is 34.1. The highest BCUT2D eigenvalue weighted by molar-refractivity contribution is 6.35. The molecule has 0 amide bonds. The van der Waals surface area contributed by atoms with Crippen LogP contribution in [0.15, 0.2) is 208 Å². The highest BCUT2D eigenvalue weighted by Gasteiger charge is 2.28. The van der Waals surface area contributed by atoms with Gasteiger partial charge in [-0.25, -0.2) is 37.5 Å². The first-order chi connectivity index (χ1) is 67.0. The molecule has 39 heteroatoms. The maximum atomic E-state index is 14.4. The van der Waals surface area contributed by atoms with Crippen LogP contribution in [0.3, 0.4) is 0 Å². The third-order valence-electron chi connectivity index (χ3n) is 22.2. The molecule has 0 aliphatic carbocycles. The molecular weight excluding hydrogens is 1850 g/mol. The Morgan fingerprint density at radius 2 is 0.736 bits per heavy atom. The van der Waals surface area contributed by atoms with Crippen LogP contribution in [-0.2, 0) is 28.2 Å². The Morgan fingerprint density at radius 3 is 1.07 bits per heavy atom. The number of nitrogens with zero attached hydrogens (tertiary/aromatic N) is 20.